The van der Waals surface area contributed by atoms with Gasteiger partial charge in [-0.3, -0.25) is 0 Å². The number of rotatable bonds is 3. The summed E-state index contributed by atoms with van der Waals surface area (Å²) < 4.78 is 4.91. The molecule has 4 heteroatoms. The molecule has 0 aliphatic rings. The van der Waals surface area contributed by atoms with Gasteiger partial charge >= 0.3 is 5.97 Å². The summed E-state index contributed by atoms with van der Waals surface area (Å²) in [5, 5.41) is 8.75. The lowest BCUT2D eigenvalue weighted by molar-refractivity contribution is 0.0693. The SMILES string of the molecule is COc1cc(CCl)ccc1C(=O)O. The van der Waals surface area contributed by atoms with Crippen molar-refractivity contribution in [3.8, 4) is 5.75 Å². The Labute approximate surface area is 80.9 Å². The molecule has 0 heterocycles. The highest BCUT2D eigenvalue weighted by atomic mass is 35.5. The zero-order chi connectivity index (χ0) is 9.84. The largest absolute Gasteiger partial charge is 0.496 e. The number of carboxylic acids is 1. The second-order valence-electron chi connectivity index (χ2n) is 2.47. The minimum Gasteiger partial charge on any atom is -0.496 e. The van der Waals surface area contributed by atoms with E-state index in [1.807, 2.05) is 0 Å². The summed E-state index contributed by atoms with van der Waals surface area (Å²) in [6, 6.07) is 4.77. The van der Waals surface area contributed by atoms with Gasteiger partial charge < -0.3 is 9.84 Å². The van der Waals surface area contributed by atoms with E-state index in [1.165, 1.54) is 13.2 Å². The third-order valence-electron chi connectivity index (χ3n) is 1.65. The second-order valence-corrected chi connectivity index (χ2v) is 2.74. The molecule has 0 aliphatic heterocycles. The standard InChI is InChI=1S/C9H9ClO3/c1-13-8-4-6(5-10)2-3-7(8)9(11)12/h2-4H,5H2,1H3,(H,11,12). The average molecular weight is 201 g/mol. The van der Waals surface area contributed by atoms with Crippen LogP contribution in [-0.4, -0.2) is 18.2 Å². The first-order valence-corrected chi connectivity index (χ1v) is 4.18. The molecule has 0 aliphatic carbocycles. The van der Waals surface area contributed by atoms with Crippen LogP contribution in [0.3, 0.4) is 0 Å². The molecule has 13 heavy (non-hydrogen) atoms. The van der Waals surface area contributed by atoms with Crippen LogP contribution in [0.1, 0.15) is 15.9 Å². The maximum atomic E-state index is 10.7. The van der Waals surface area contributed by atoms with Crippen molar-refractivity contribution in [3.63, 3.8) is 0 Å². The van der Waals surface area contributed by atoms with Crippen molar-refractivity contribution in [2.24, 2.45) is 0 Å². The number of hydrogen-bond donors (Lipinski definition) is 1. The van der Waals surface area contributed by atoms with Gasteiger partial charge in [-0.25, -0.2) is 4.79 Å². The molecule has 1 aromatic rings. The average Bonchev–Trinajstić information content (AvgIpc) is 2.16. The summed E-state index contributed by atoms with van der Waals surface area (Å²) in [7, 11) is 1.43. The van der Waals surface area contributed by atoms with Crippen LogP contribution >= 0.6 is 11.6 Å². The maximum absolute atomic E-state index is 10.7. The minimum atomic E-state index is -1.00. The zero-order valence-corrected chi connectivity index (χ0v) is 7.84. The number of ether oxygens (including phenoxy) is 1. The van der Waals surface area contributed by atoms with E-state index in [1.54, 1.807) is 12.1 Å². The van der Waals surface area contributed by atoms with Crippen LogP contribution in [-0.2, 0) is 5.88 Å². The number of methoxy groups -OCH3 is 1. The van der Waals surface area contributed by atoms with E-state index < -0.39 is 5.97 Å². The topological polar surface area (TPSA) is 46.5 Å². The van der Waals surface area contributed by atoms with Crippen molar-refractivity contribution in [1.82, 2.24) is 0 Å². The van der Waals surface area contributed by atoms with Crippen LogP contribution in [0.25, 0.3) is 0 Å². The van der Waals surface area contributed by atoms with Gasteiger partial charge in [0.15, 0.2) is 0 Å². The number of aromatic carboxylic acids is 1. The Hall–Kier alpha value is -1.22. The second kappa shape index (κ2) is 4.14. The number of carboxylic acid groups (broad SMARTS) is 1. The molecule has 0 unspecified atom stereocenters. The first kappa shape index (κ1) is 9.86. The van der Waals surface area contributed by atoms with Gasteiger partial charge in [0, 0.05) is 5.88 Å². The van der Waals surface area contributed by atoms with Crippen LogP contribution in [0.5, 0.6) is 5.75 Å². The molecule has 70 valence electrons. The van der Waals surface area contributed by atoms with Gasteiger partial charge in [-0.15, -0.1) is 11.6 Å². The summed E-state index contributed by atoms with van der Waals surface area (Å²) in [6.45, 7) is 0. The van der Waals surface area contributed by atoms with E-state index in [2.05, 4.69) is 0 Å². The Bertz CT molecular complexity index is 323. The smallest absolute Gasteiger partial charge is 0.339 e. The molecule has 0 fully saturated rings. The minimum absolute atomic E-state index is 0.149. The van der Waals surface area contributed by atoms with Crippen molar-refractivity contribution in [2.75, 3.05) is 7.11 Å². The van der Waals surface area contributed by atoms with E-state index in [0.29, 0.717) is 11.6 Å². The lowest BCUT2D eigenvalue weighted by atomic mass is 10.1. The Kier molecular flexibility index (Phi) is 3.14. The highest BCUT2D eigenvalue weighted by Gasteiger charge is 2.10. The van der Waals surface area contributed by atoms with E-state index in [-0.39, 0.29) is 5.56 Å². The fourth-order valence-electron chi connectivity index (χ4n) is 0.995. The van der Waals surface area contributed by atoms with Crippen LogP contribution in [0.4, 0.5) is 0 Å². The summed E-state index contributed by atoms with van der Waals surface area (Å²) in [5.74, 6) is -0.320. The van der Waals surface area contributed by atoms with Gasteiger partial charge in [-0.2, -0.15) is 0 Å². The first-order chi connectivity index (χ1) is 6.19. The molecule has 0 saturated heterocycles. The Morgan fingerprint density at radius 3 is 2.77 bits per heavy atom. The molecule has 1 rings (SSSR count). The summed E-state index contributed by atoms with van der Waals surface area (Å²) in [6.07, 6.45) is 0. The third-order valence-corrected chi connectivity index (χ3v) is 1.96. The van der Waals surface area contributed by atoms with Crippen molar-refractivity contribution in [1.29, 1.82) is 0 Å². The molecular formula is C9H9ClO3. The molecule has 0 amide bonds. The number of benzene rings is 1. The van der Waals surface area contributed by atoms with Gasteiger partial charge in [0.2, 0.25) is 0 Å². The highest BCUT2D eigenvalue weighted by Crippen LogP contribution is 2.20. The van der Waals surface area contributed by atoms with E-state index in [4.69, 9.17) is 21.4 Å². The monoisotopic (exact) mass is 200 g/mol. The molecule has 1 N–H and O–H groups in total. The number of carbonyl (C=O) groups is 1. The molecule has 1 aromatic carbocycles. The number of alkyl halides is 1. The van der Waals surface area contributed by atoms with Gasteiger partial charge in [0.1, 0.15) is 11.3 Å². The Balaban J connectivity index is 3.15. The third kappa shape index (κ3) is 2.12. The first-order valence-electron chi connectivity index (χ1n) is 3.65. The molecular weight excluding hydrogens is 192 g/mol. The number of halogens is 1. The highest BCUT2D eigenvalue weighted by molar-refractivity contribution is 6.17. The van der Waals surface area contributed by atoms with E-state index in [0.717, 1.165) is 5.56 Å². The zero-order valence-electron chi connectivity index (χ0n) is 7.08. The fourth-order valence-corrected chi connectivity index (χ4v) is 1.16. The normalized spacial score (nSPS) is 9.69. The van der Waals surface area contributed by atoms with E-state index in [9.17, 15) is 4.79 Å². The van der Waals surface area contributed by atoms with Crippen LogP contribution in [0.15, 0.2) is 18.2 Å². The van der Waals surface area contributed by atoms with Crippen molar-refractivity contribution in [3.05, 3.63) is 29.3 Å². The molecule has 0 bridgehead atoms. The van der Waals surface area contributed by atoms with Gasteiger partial charge in [0.25, 0.3) is 0 Å². The molecule has 0 spiro atoms. The maximum Gasteiger partial charge on any atom is 0.339 e. The summed E-state index contributed by atoms with van der Waals surface area (Å²) >= 11 is 5.58. The van der Waals surface area contributed by atoms with Crippen molar-refractivity contribution < 1.29 is 14.6 Å². The molecule has 0 aromatic heterocycles. The quantitative estimate of drug-likeness (QED) is 0.761. The molecule has 0 atom stereocenters. The van der Waals surface area contributed by atoms with Crippen molar-refractivity contribution >= 4 is 17.6 Å². The lowest BCUT2D eigenvalue weighted by Crippen LogP contribution is -2.00. The van der Waals surface area contributed by atoms with E-state index >= 15 is 0 Å². The number of hydrogen-bond acceptors (Lipinski definition) is 2. The predicted molar refractivity (Wildman–Crippen MR) is 49.5 cm³/mol. The Morgan fingerprint density at radius 1 is 1.62 bits per heavy atom. The van der Waals surface area contributed by atoms with Gasteiger partial charge in [-0.1, -0.05) is 6.07 Å². The molecule has 0 radical (unpaired) electrons. The van der Waals surface area contributed by atoms with Crippen LogP contribution in [0, 0.1) is 0 Å². The van der Waals surface area contributed by atoms with Crippen molar-refractivity contribution in [2.45, 2.75) is 5.88 Å². The Morgan fingerprint density at radius 2 is 2.31 bits per heavy atom. The molecule has 3 nitrogen and oxygen atoms in total. The predicted octanol–water partition coefficient (Wildman–Crippen LogP) is 2.13. The van der Waals surface area contributed by atoms with Gasteiger partial charge in [0.05, 0.1) is 7.11 Å². The van der Waals surface area contributed by atoms with Gasteiger partial charge in [-0.05, 0) is 17.7 Å². The summed E-state index contributed by atoms with van der Waals surface area (Å²) in [5.41, 5.74) is 0.986. The van der Waals surface area contributed by atoms with Crippen LogP contribution < -0.4 is 4.74 Å². The fraction of sp³-hybridized carbons (Fsp3) is 0.222. The lowest BCUT2D eigenvalue weighted by Gasteiger charge is -2.05. The molecule has 0 saturated carbocycles. The van der Waals surface area contributed by atoms with Crippen LogP contribution in [0.2, 0.25) is 0 Å². The summed E-state index contributed by atoms with van der Waals surface area (Å²) in [4.78, 5) is 10.7.